The summed E-state index contributed by atoms with van der Waals surface area (Å²) in [5.41, 5.74) is 0.386. The molecule has 0 radical (unpaired) electrons. The van der Waals surface area contributed by atoms with Crippen LogP contribution in [0.5, 0.6) is 11.6 Å². The van der Waals surface area contributed by atoms with Gasteiger partial charge in [0.25, 0.3) is 5.88 Å². The number of nitrogens with zero attached hydrogens (tertiary/aromatic N) is 3. The smallest absolute Gasteiger partial charge is 0.408 e. The number of carbonyl (C=O) groups excluding carboxylic acids is 3. The maximum atomic E-state index is 13.9. The number of halogens is 1. The number of esters is 1. The minimum atomic E-state index is -0.967. The number of methoxy groups -OCH3 is 2. The number of allylic oxidation sites excluding steroid dienone is 1. The van der Waals surface area contributed by atoms with Crippen molar-refractivity contribution in [3.63, 3.8) is 0 Å². The molecule has 12 heteroatoms. The van der Waals surface area contributed by atoms with E-state index in [-0.39, 0.29) is 30.1 Å². The molecule has 1 saturated carbocycles. The number of nitrogens with one attached hydrogen (secondary N) is 1. The van der Waals surface area contributed by atoms with Gasteiger partial charge in [0.15, 0.2) is 5.15 Å². The number of alkyl carbamates (subject to hydrolysis) is 1. The van der Waals surface area contributed by atoms with E-state index in [0.717, 1.165) is 25.7 Å². The second-order valence-electron chi connectivity index (χ2n) is 11.8. The van der Waals surface area contributed by atoms with Crippen molar-refractivity contribution in [2.45, 2.75) is 77.2 Å². The summed E-state index contributed by atoms with van der Waals surface area (Å²) >= 11 is 6.37. The molecule has 2 fully saturated rings. The summed E-state index contributed by atoms with van der Waals surface area (Å²) in [6.07, 6.45) is 4.25. The molecular weight excluding hydrogens is 564 g/mol. The van der Waals surface area contributed by atoms with E-state index >= 15 is 0 Å². The highest BCUT2D eigenvalue weighted by atomic mass is 35.5. The van der Waals surface area contributed by atoms with Gasteiger partial charge in [0.05, 0.1) is 31.8 Å². The van der Waals surface area contributed by atoms with Gasteiger partial charge < -0.3 is 29.2 Å². The van der Waals surface area contributed by atoms with E-state index in [1.807, 2.05) is 26.8 Å². The van der Waals surface area contributed by atoms with Gasteiger partial charge in [-0.15, -0.1) is 6.58 Å². The van der Waals surface area contributed by atoms with Crippen molar-refractivity contribution < 1.29 is 33.3 Å². The molecule has 1 aliphatic carbocycles. The molecule has 2 aromatic rings. The quantitative estimate of drug-likeness (QED) is 0.221. The van der Waals surface area contributed by atoms with E-state index in [1.54, 1.807) is 25.3 Å². The van der Waals surface area contributed by atoms with Crippen molar-refractivity contribution in [2.75, 3.05) is 20.8 Å². The Morgan fingerprint density at radius 2 is 1.95 bits per heavy atom. The van der Waals surface area contributed by atoms with E-state index in [0.29, 0.717) is 22.7 Å². The molecule has 4 rings (SSSR count). The largest absolute Gasteiger partial charge is 0.497 e. The SMILES string of the molecule is C=CCCC[C@@H]1CC1OC(=O)N[C@H](C(=O)N1CC(Oc2nc3cc(OC)ccc3nc2Cl)C[C@H]1C(=O)OC)C(C)(C)C. The molecule has 42 heavy (non-hydrogen) atoms. The number of benzene rings is 1. The van der Waals surface area contributed by atoms with E-state index in [2.05, 4.69) is 21.9 Å². The van der Waals surface area contributed by atoms with E-state index in [9.17, 15) is 14.4 Å². The van der Waals surface area contributed by atoms with E-state index in [4.69, 9.17) is 30.5 Å². The van der Waals surface area contributed by atoms with Crippen LogP contribution in [0.1, 0.15) is 52.9 Å². The van der Waals surface area contributed by atoms with Crippen LogP contribution in [-0.2, 0) is 19.1 Å². The van der Waals surface area contributed by atoms with E-state index < -0.39 is 41.6 Å². The number of aromatic nitrogens is 2. The van der Waals surface area contributed by atoms with Gasteiger partial charge in [-0.25, -0.2) is 19.6 Å². The van der Waals surface area contributed by atoms with Crippen LogP contribution in [0.2, 0.25) is 5.15 Å². The number of unbranched alkanes of at least 4 members (excludes halogenated alkanes) is 1. The molecule has 5 atom stereocenters. The standard InChI is InChI=1S/C30H39ClN4O7/c1-7-8-9-10-17-13-23(17)42-29(38)34-24(30(2,3)4)27(36)35-16-19(15-22(35)28(37)40-6)41-26-25(31)32-20-12-11-18(39-5)14-21(20)33-26/h7,11-12,14,17,19,22-24H,1,8-10,13,15-16H2,2-6H3,(H,34,38)/t17-,19?,22+,23?,24-/m1/s1. The molecule has 1 N–H and O–H groups in total. The normalized spacial score (nSPS) is 22.3. The van der Waals surface area contributed by atoms with Crippen molar-refractivity contribution in [1.82, 2.24) is 20.2 Å². The minimum Gasteiger partial charge on any atom is -0.497 e. The number of likely N-dealkylation sites (tertiary alicyclic amines) is 1. The zero-order valence-electron chi connectivity index (χ0n) is 24.7. The van der Waals surface area contributed by atoms with Crippen LogP contribution < -0.4 is 14.8 Å². The Morgan fingerprint density at radius 3 is 2.62 bits per heavy atom. The van der Waals surface area contributed by atoms with Gasteiger partial charge in [0.1, 0.15) is 30.0 Å². The van der Waals surface area contributed by atoms with Crippen LogP contribution in [0, 0.1) is 11.3 Å². The first-order valence-corrected chi connectivity index (χ1v) is 14.5. The van der Waals surface area contributed by atoms with Crippen LogP contribution >= 0.6 is 11.6 Å². The number of ether oxygens (including phenoxy) is 4. The fourth-order valence-corrected chi connectivity index (χ4v) is 5.32. The molecule has 1 saturated heterocycles. The average Bonchev–Trinajstić information content (AvgIpc) is 3.54. The number of hydrogen-bond acceptors (Lipinski definition) is 9. The van der Waals surface area contributed by atoms with Gasteiger partial charge in [-0.05, 0) is 49.1 Å². The molecule has 1 aliphatic heterocycles. The average molecular weight is 603 g/mol. The van der Waals surface area contributed by atoms with Gasteiger partial charge in [-0.2, -0.15) is 0 Å². The van der Waals surface area contributed by atoms with Crippen molar-refractivity contribution in [1.29, 1.82) is 0 Å². The maximum absolute atomic E-state index is 13.9. The third-order valence-electron chi connectivity index (χ3n) is 7.57. The summed E-state index contributed by atoms with van der Waals surface area (Å²) in [6.45, 7) is 9.28. The van der Waals surface area contributed by atoms with Gasteiger partial charge in [-0.3, -0.25) is 4.79 Å². The molecule has 2 unspecified atom stereocenters. The predicted octanol–water partition coefficient (Wildman–Crippen LogP) is 4.70. The Morgan fingerprint density at radius 1 is 1.19 bits per heavy atom. The Labute approximate surface area is 250 Å². The fraction of sp³-hybridized carbons (Fsp3) is 0.567. The Balaban J connectivity index is 1.47. The van der Waals surface area contributed by atoms with Gasteiger partial charge in [0, 0.05) is 12.5 Å². The lowest BCUT2D eigenvalue weighted by atomic mass is 9.85. The molecule has 0 spiro atoms. The highest BCUT2D eigenvalue weighted by molar-refractivity contribution is 6.31. The Hall–Kier alpha value is -3.60. The van der Waals surface area contributed by atoms with Gasteiger partial charge in [0.2, 0.25) is 5.91 Å². The summed E-state index contributed by atoms with van der Waals surface area (Å²) in [5.74, 6) is -0.0462. The van der Waals surface area contributed by atoms with Crippen LogP contribution in [0.15, 0.2) is 30.9 Å². The number of carbonyl (C=O) groups is 3. The summed E-state index contributed by atoms with van der Waals surface area (Å²) in [4.78, 5) is 49.8. The van der Waals surface area contributed by atoms with E-state index in [1.165, 1.54) is 12.0 Å². The number of rotatable bonds is 11. The molecule has 2 amide bonds. The van der Waals surface area contributed by atoms with Crippen molar-refractivity contribution in [3.8, 4) is 11.6 Å². The van der Waals surface area contributed by atoms with Crippen LogP contribution in [-0.4, -0.2) is 77.9 Å². The first kappa shape index (κ1) is 31.3. The Bertz CT molecular complexity index is 1330. The monoisotopic (exact) mass is 602 g/mol. The highest BCUT2D eigenvalue weighted by Crippen LogP contribution is 2.38. The number of fused-ring (bicyclic) bond motifs is 1. The van der Waals surface area contributed by atoms with Crippen LogP contribution in [0.25, 0.3) is 11.0 Å². The molecule has 0 bridgehead atoms. The number of hydrogen-bond donors (Lipinski definition) is 1. The number of amides is 2. The topological polar surface area (TPSA) is 129 Å². The summed E-state index contributed by atoms with van der Waals surface area (Å²) in [6, 6.07) is 3.29. The first-order valence-electron chi connectivity index (χ1n) is 14.1. The lowest BCUT2D eigenvalue weighted by Gasteiger charge is -2.34. The summed E-state index contributed by atoms with van der Waals surface area (Å²) < 4.78 is 22.0. The second kappa shape index (κ2) is 13.1. The lowest BCUT2D eigenvalue weighted by molar-refractivity contribution is -0.152. The van der Waals surface area contributed by atoms with Crippen LogP contribution in [0.3, 0.4) is 0 Å². The molecule has 1 aromatic carbocycles. The third kappa shape index (κ3) is 7.42. The second-order valence-corrected chi connectivity index (χ2v) is 12.1. The minimum absolute atomic E-state index is 0.0457. The maximum Gasteiger partial charge on any atom is 0.408 e. The zero-order valence-corrected chi connectivity index (χ0v) is 25.5. The van der Waals surface area contributed by atoms with Gasteiger partial charge >= 0.3 is 12.1 Å². The van der Waals surface area contributed by atoms with Crippen molar-refractivity contribution in [3.05, 3.63) is 36.0 Å². The molecule has 2 aliphatic rings. The molecule has 11 nitrogen and oxygen atoms in total. The van der Waals surface area contributed by atoms with Crippen LogP contribution in [0.4, 0.5) is 4.79 Å². The Kier molecular flexibility index (Phi) is 9.81. The highest BCUT2D eigenvalue weighted by Gasteiger charge is 2.47. The predicted molar refractivity (Wildman–Crippen MR) is 156 cm³/mol. The molecule has 228 valence electrons. The van der Waals surface area contributed by atoms with Crippen molar-refractivity contribution >= 4 is 40.6 Å². The molecular formula is C30H39ClN4O7. The van der Waals surface area contributed by atoms with Crippen molar-refractivity contribution in [2.24, 2.45) is 11.3 Å². The lowest BCUT2D eigenvalue weighted by Crippen LogP contribution is -2.57. The summed E-state index contributed by atoms with van der Waals surface area (Å²) in [7, 11) is 2.81. The molecule has 1 aromatic heterocycles. The fourth-order valence-electron chi connectivity index (χ4n) is 5.14. The van der Waals surface area contributed by atoms with Gasteiger partial charge in [-0.1, -0.05) is 38.4 Å². The first-order chi connectivity index (χ1) is 19.9. The third-order valence-corrected chi connectivity index (χ3v) is 7.82. The zero-order chi connectivity index (χ0) is 30.6. The molecule has 2 heterocycles. The summed E-state index contributed by atoms with van der Waals surface area (Å²) in [5, 5.41) is 2.81.